The van der Waals surface area contributed by atoms with E-state index in [2.05, 4.69) is 10.3 Å². The summed E-state index contributed by atoms with van der Waals surface area (Å²) in [6, 6.07) is 0. The Balaban J connectivity index is 2.41. The van der Waals surface area contributed by atoms with Gasteiger partial charge in [-0.1, -0.05) is 6.92 Å². The molecule has 0 aliphatic carbocycles. The van der Waals surface area contributed by atoms with Gasteiger partial charge in [0.2, 0.25) is 0 Å². The predicted octanol–water partition coefficient (Wildman–Crippen LogP) is 0.141. The Morgan fingerprint density at radius 2 is 2.46 bits per heavy atom. The zero-order valence-corrected chi connectivity index (χ0v) is 8.08. The fraction of sp³-hybridized carbons (Fsp3) is 0.556. The molecule has 72 valence electrons. The molecular formula is C9H15N3O. The van der Waals surface area contributed by atoms with Gasteiger partial charge < -0.3 is 9.88 Å². The van der Waals surface area contributed by atoms with E-state index in [1.54, 1.807) is 6.20 Å². The number of aromatic nitrogens is 2. The van der Waals surface area contributed by atoms with Crippen molar-refractivity contribution in [1.29, 1.82) is 0 Å². The van der Waals surface area contributed by atoms with E-state index in [1.807, 2.05) is 24.7 Å². The molecule has 0 unspecified atom stereocenters. The Bertz CT molecular complexity index is 280. The van der Waals surface area contributed by atoms with Gasteiger partial charge in [0.15, 0.2) is 5.78 Å². The molecule has 0 atom stereocenters. The van der Waals surface area contributed by atoms with E-state index in [-0.39, 0.29) is 5.78 Å². The van der Waals surface area contributed by atoms with Crippen molar-refractivity contribution in [2.24, 2.45) is 7.05 Å². The highest BCUT2D eigenvalue weighted by Gasteiger charge is 2.05. The minimum atomic E-state index is 0.177. The van der Waals surface area contributed by atoms with Crippen molar-refractivity contribution in [3.05, 3.63) is 18.2 Å². The average Bonchev–Trinajstić information content (AvgIpc) is 2.48. The van der Waals surface area contributed by atoms with Crippen molar-refractivity contribution in [1.82, 2.24) is 14.9 Å². The molecule has 0 bridgehead atoms. The Morgan fingerprint density at radius 1 is 1.69 bits per heavy atom. The first kappa shape index (κ1) is 9.92. The summed E-state index contributed by atoms with van der Waals surface area (Å²) >= 11 is 0. The Labute approximate surface area is 78.0 Å². The topological polar surface area (TPSA) is 46.9 Å². The highest BCUT2D eigenvalue weighted by Crippen LogP contribution is 1.95. The summed E-state index contributed by atoms with van der Waals surface area (Å²) in [7, 11) is 1.89. The Morgan fingerprint density at radius 3 is 3.00 bits per heavy atom. The molecule has 0 radical (unpaired) electrons. The fourth-order valence-corrected chi connectivity index (χ4v) is 1.07. The predicted molar refractivity (Wildman–Crippen MR) is 50.5 cm³/mol. The van der Waals surface area contributed by atoms with E-state index in [0.29, 0.717) is 13.0 Å². The first-order valence-corrected chi connectivity index (χ1v) is 4.42. The van der Waals surface area contributed by atoms with E-state index < -0.39 is 0 Å². The van der Waals surface area contributed by atoms with Crippen LogP contribution in [0.4, 0.5) is 0 Å². The normalized spacial score (nSPS) is 10.3. The van der Waals surface area contributed by atoms with Gasteiger partial charge in [-0.2, -0.15) is 0 Å². The number of imidazole rings is 1. The average molecular weight is 181 g/mol. The van der Waals surface area contributed by atoms with Crippen LogP contribution in [0, 0.1) is 0 Å². The number of ketones is 1. The van der Waals surface area contributed by atoms with Crippen molar-refractivity contribution >= 4 is 5.78 Å². The molecule has 1 N–H and O–H groups in total. The lowest BCUT2D eigenvalue weighted by Gasteiger charge is -2.01. The number of hydrogen-bond acceptors (Lipinski definition) is 3. The molecular weight excluding hydrogens is 166 g/mol. The molecule has 13 heavy (non-hydrogen) atoms. The monoisotopic (exact) mass is 181 g/mol. The van der Waals surface area contributed by atoms with Gasteiger partial charge in [-0.05, 0) is 6.54 Å². The quantitative estimate of drug-likeness (QED) is 0.703. The van der Waals surface area contributed by atoms with E-state index in [0.717, 1.165) is 12.4 Å². The van der Waals surface area contributed by atoms with E-state index >= 15 is 0 Å². The molecule has 0 aromatic carbocycles. The molecule has 0 saturated carbocycles. The molecule has 1 rings (SSSR count). The highest BCUT2D eigenvalue weighted by atomic mass is 16.1. The van der Waals surface area contributed by atoms with Crippen LogP contribution in [0.25, 0.3) is 0 Å². The van der Waals surface area contributed by atoms with Crippen molar-refractivity contribution in [2.45, 2.75) is 13.3 Å². The van der Waals surface area contributed by atoms with Crippen molar-refractivity contribution in [2.75, 3.05) is 13.1 Å². The summed E-state index contributed by atoms with van der Waals surface area (Å²) in [5.41, 5.74) is 0. The number of carbonyl (C=O) groups excluding carboxylic acids is 1. The van der Waals surface area contributed by atoms with Crippen LogP contribution in [-0.4, -0.2) is 28.4 Å². The largest absolute Gasteiger partial charge is 0.338 e. The summed E-state index contributed by atoms with van der Waals surface area (Å²) in [6.07, 6.45) is 3.96. The molecule has 0 aliphatic rings. The molecule has 0 spiro atoms. The van der Waals surface area contributed by atoms with Gasteiger partial charge in [-0.3, -0.25) is 4.79 Å². The standard InChI is InChI=1S/C9H15N3O/c1-3-10-7-8(13)6-9-11-4-5-12(9)2/h4-5,10H,3,6-7H2,1-2H3. The maximum atomic E-state index is 11.3. The minimum absolute atomic E-state index is 0.177. The highest BCUT2D eigenvalue weighted by molar-refractivity contribution is 5.82. The van der Waals surface area contributed by atoms with E-state index in [1.165, 1.54) is 0 Å². The van der Waals surface area contributed by atoms with Crippen LogP contribution in [0.5, 0.6) is 0 Å². The third kappa shape index (κ3) is 2.99. The van der Waals surface area contributed by atoms with Crippen LogP contribution < -0.4 is 5.32 Å². The maximum absolute atomic E-state index is 11.3. The zero-order valence-electron chi connectivity index (χ0n) is 8.08. The van der Waals surface area contributed by atoms with Gasteiger partial charge >= 0.3 is 0 Å². The first-order valence-electron chi connectivity index (χ1n) is 4.42. The Hall–Kier alpha value is -1.16. The zero-order chi connectivity index (χ0) is 9.68. The fourth-order valence-electron chi connectivity index (χ4n) is 1.07. The van der Waals surface area contributed by atoms with Crippen molar-refractivity contribution in [3.8, 4) is 0 Å². The van der Waals surface area contributed by atoms with E-state index in [4.69, 9.17) is 0 Å². The lowest BCUT2D eigenvalue weighted by atomic mass is 10.2. The Kier molecular flexibility index (Phi) is 3.64. The summed E-state index contributed by atoms with van der Waals surface area (Å²) in [4.78, 5) is 15.4. The van der Waals surface area contributed by atoms with Gasteiger partial charge in [-0.15, -0.1) is 0 Å². The molecule has 1 aromatic rings. The van der Waals surface area contributed by atoms with Crippen molar-refractivity contribution in [3.63, 3.8) is 0 Å². The molecule has 4 heteroatoms. The number of nitrogens with one attached hydrogen (secondary N) is 1. The van der Waals surface area contributed by atoms with Crippen LogP contribution in [0.15, 0.2) is 12.4 Å². The van der Waals surface area contributed by atoms with Crippen LogP contribution >= 0.6 is 0 Å². The maximum Gasteiger partial charge on any atom is 0.154 e. The lowest BCUT2D eigenvalue weighted by molar-refractivity contribution is -0.117. The van der Waals surface area contributed by atoms with Crippen LogP contribution in [0.1, 0.15) is 12.7 Å². The molecule has 1 heterocycles. The minimum Gasteiger partial charge on any atom is -0.338 e. The van der Waals surface area contributed by atoms with Crippen molar-refractivity contribution < 1.29 is 4.79 Å². The van der Waals surface area contributed by atoms with Gasteiger partial charge in [0.1, 0.15) is 5.82 Å². The van der Waals surface area contributed by atoms with Crippen LogP contribution in [0.3, 0.4) is 0 Å². The van der Waals surface area contributed by atoms with Crippen LogP contribution in [-0.2, 0) is 18.3 Å². The van der Waals surface area contributed by atoms with Crippen LogP contribution in [0.2, 0.25) is 0 Å². The number of Topliss-reactive ketones (excluding diaryl/α,β-unsaturated/α-hetero) is 1. The second kappa shape index (κ2) is 4.77. The summed E-state index contributed by atoms with van der Waals surface area (Å²) < 4.78 is 1.86. The lowest BCUT2D eigenvalue weighted by Crippen LogP contribution is -2.24. The van der Waals surface area contributed by atoms with E-state index in [9.17, 15) is 4.79 Å². The van der Waals surface area contributed by atoms with Gasteiger partial charge in [-0.25, -0.2) is 4.98 Å². The van der Waals surface area contributed by atoms with Gasteiger partial charge in [0.05, 0.1) is 13.0 Å². The number of carbonyl (C=O) groups is 1. The first-order chi connectivity index (χ1) is 6.24. The molecule has 0 amide bonds. The number of nitrogens with zero attached hydrogens (tertiary/aromatic N) is 2. The molecule has 0 fully saturated rings. The third-order valence-corrected chi connectivity index (χ3v) is 1.85. The number of aryl methyl sites for hydroxylation is 1. The third-order valence-electron chi connectivity index (χ3n) is 1.85. The molecule has 4 nitrogen and oxygen atoms in total. The summed E-state index contributed by atoms with van der Waals surface area (Å²) in [6.45, 7) is 3.24. The second-order valence-electron chi connectivity index (χ2n) is 2.95. The SMILES string of the molecule is CCNCC(=O)Cc1nccn1C. The second-order valence-corrected chi connectivity index (χ2v) is 2.95. The van der Waals surface area contributed by atoms with Gasteiger partial charge in [0, 0.05) is 19.4 Å². The number of rotatable bonds is 5. The molecule has 0 aliphatic heterocycles. The number of hydrogen-bond donors (Lipinski definition) is 1. The molecule has 0 saturated heterocycles. The summed E-state index contributed by atoms with van der Waals surface area (Å²) in [5, 5.41) is 2.99. The van der Waals surface area contributed by atoms with Gasteiger partial charge in [0.25, 0.3) is 0 Å². The number of likely N-dealkylation sites (N-methyl/N-ethyl adjacent to an activating group) is 1. The summed E-state index contributed by atoms with van der Waals surface area (Å²) in [5.74, 6) is 0.999. The molecule has 1 aromatic heterocycles. The smallest absolute Gasteiger partial charge is 0.154 e.